The maximum Gasteiger partial charge on any atom is 0.354 e. The highest BCUT2D eigenvalue weighted by atomic mass is 16.5. The molecule has 17 heavy (non-hydrogen) atoms. The molecule has 0 saturated heterocycles. The number of aryl methyl sites for hydroxylation is 1. The second-order valence-corrected chi connectivity index (χ2v) is 3.63. The van der Waals surface area contributed by atoms with Gasteiger partial charge in [0.15, 0.2) is 5.69 Å². The molecule has 0 aliphatic carbocycles. The number of carboxylic acids is 1. The molecule has 0 aliphatic heterocycles. The molecule has 0 spiro atoms. The Bertz CT molecular complexity index is 561. The van der Waals surface area contributed by atoms with Gasteiger partial charge in [0.05, 0.1) is 12.8 Å². The highest BCUT2D eigenvalue weighted by Gasteiger charge is 2.15. The minimum Gasteiger partial charge on any atom is -0.480 e. The summed E-state index contributed by atoms with van der Waals surface area (Å²) in [5.74, 6) is -0.758. The molecule has 0 radical (unpaired) electrons. The van der Waals surface area contributed by atoms with Crippen molar-refractivity contribution in [1.29, 1.82) is 0 Å². The number of hydrogen-bond acceptors (Lipinski definition) is 3. The quantitative estimate of drug-likeness (QED) is 0.877. The predicted molar refractivity (Wildman–Crippen MR) is 61.8 cm³/mol. The molecule has 2 rings (SSSR count). The van der Waals surface area contributed by atoms with Crippen molar-refractivity contribution in [1.82, 2.24) is 9.78 Å². The minimum atomic E-state index is -1.04. The van der Waals surface area contributed by atoms with Gasteiger partial charge in [0.2, 0.25) is 5.88 Å². The Labute approximate surface area is 98.3 Å². The molecule has 1 aromatic heterocycles. The van der Waals surface area contributed by atoms with Crippen LogP contribution in [0.15, 0.2) is 30.3 Å². The Kier molecular flexibility index (Phi) is 2.82. The number of rotatable bonds is 3. The van der Waals surface area contributed by atoms with Crippen LogP contribution in [0, 0.1) is 6.92 Å². The fourth-order valence-corrected chi connectivity index (χ4v) is 1.57. The normalized spacial score (nSPS) is 10.2. The summed E-state index contributed by atoms with van der Waals surface area (Å²) in [5.41, 5.74) is 1.81. The average molecular weight is 232 g/mol. The van der Waals surface area contributed by atoms with Crippen LogP contribution in [0.25, 0.3) is 5.69 Å². The van der Waals surface area contributed by atoms with Gasteiger partial charge in [-0.1, -0.05) is 12.1 Å². The van der Waals surface area contributed by atoms with E-state index in [1.807, 2.05) is 25.1 Å². The fraction of sp³-hybridized carbons (Fsp3) is 0.167. The van der Waals surface area contributed by atoms with Crippen molar-refractivity contribution in [2.24, 2.45) is 0 Å². The largest absolute Gasteiger partial charge is 0.480 e. The van der Waals surface area contributed by atoms with Crippen molar-refractivity contribution in [2.75, 3.05) is 7.11 Å². The average Bonchev–Trinajstić information content (AvgIpc) is 2.73. The molecule has 0 fully saturated rings. The monoisotopic (exact) mass is 232 g/mol. The van der Waals surface area contributed by atoms with E-state index < -0.39 is 5.97 Å². The summed E-state index contributed by atoms with van der Waals surface area (Å²) < 4.78 is 6.30. The van der Waals surface area contributed by atoms with E-state index in [9.17, 15) is 4.79 Å². The smallest absolute Gasteiger partial charge is 0.354 e. The van der Waals surface area contributed by atoms with Crippen molar-refractivity contribution in [2.45, 2.75) is 6.92 Å². The Balaban J connectivity index is 2.57. The zero-order chi connectivity index (χ0) is 12.4. The molecule has 0 bridgehead atoms. The van der Waals surface area contributed by atoms with E-state index in [0.717, 1.165) is 5.56 Å². The van der Waals surface area contributed by atoms with Gasteiger partial charge < -0.3 is 9.84 Å². The molecule has 5 heteroatoms. The first-order valence-corrected chi connectivity index (χ1v) is 5.06. The maximum absolute atomic E-state index is 11.1. The highest BCUT2D eigenvalue weighted by Crippen LogP contribution is 2.17. The van der Waals surface area contributed by atoms with Gasteiger partial charge in [-0.3, -0.25) is 0 Å². The Morgan fingerprint density at radius 2 is 2.18 bits per heavy atom. The highest BCUT2D eigenvalue weighted by molar-refractivity contribution is 5.86. The van der Waals surface area contributed by atoms with Gasteiger partial charge in [-0.15, -0.1) is 5.10 Å². The summed E-state index contributed by atoms with van der Waals surface area (Å²) in [4.78, 5) is 11.1. The molecule has 0 saturated carbocycles. The first kappa shape index (κ1) is 11.2. The van der Waals surface area contributed by atoms with Crippen LogP contribution in [0.2, 0.25) is 0 Å². The van der Waals surface area contributed by atoms with E-state index in [0.29, 0.717) is 5.69 Å². The Morgan fingerprint density at radius 1 is 1.41 bits per heavy atom. The Morgan fingerprint density at radius 3 is 2.76 bits per heavy atom. The first-order chi connectivity index (χ1) is 8.11. The number of aromatic nitrogens is 2. The lowest BCUT2D eigenvalue weighted by Crippen LogP contribution is -2.07. The van der Waals surface area contributed by atoms with E-state index in [1.165, 1.54) is 17.9 Å². The number of nitrogens with zero attached hydrogens (tertiary/aromatic N) is 2. The van der Waals surface area contributed by atoms with Crippen LogP contribution in [0.3, 0.4) is 0 Å². The van der Waals surface area contributed by atoms with E-state index in [-0.39, 0.29) is 11.6 Å². The van der Waals surface area contributed by atoms with Gasteiger partial charge in [0, 0.05) is 6.07 Å². The van der Waals surface area contributed by atoms with Gasteiger partial charge in [-0.25, -0.2) is 9.48 Å². The summed E-state index contributed by atoms with van der Waals surface area (Å²) in [6.45, 7) is 1.94. The molecule has 0 amide bonds. The lowest BCUT2D eigenvalue weighted by Gasteiger charge is -2.04. The van der Waals surface area contributed by atoms with Crippen LogP contribution in [0.5, 0.6) is 5.88 Å². The molecule has 88 valence electrons. The van der Waals surface area contributed by atoms with Gasteiger partial charge in [-0.05, 0) is 24.6 Å². The van der Waals surface area contributed by atoms with Crippen molar-refractivity contribution in [3.05, 3.63) is 41.6 Å². The second-order valence-electron chi connectivity index (χ2n) is 3.63. The van der Waals surface area contributed by atoms with Gasteiger partial charge in [0.25, 0.3) is 0 Å². The van der Waals surface area contributed by atoms with E-state index in [1.54, 1.807) is 6.07 Å². The van der Waals surface area contributed by atoms with E-state index >= 15 is 0 Å². The van der Waals surface area contributed by atoms with Crippen LogP contribution in [0.1, 0.15) is 16.1 Å². The first-order valence-electron chi connectivity index (χ1n) is 5.06. The molecule has 1 aromatic carbocycles. The number of benzene rings is 1. The molecular weight excluding hydrogens is 220 g/mol. The number of methoxy groups -OCH3 is 1. The third-order valence-electron chi connectivity index (χ3n) is 2.36. The maximum atomic E-state index is 11.1. The van der Waals surface area contributed by atoms with Crippen LogP contribution >= 0.6 is 0 Å². The van der Waals surface area contributed by atoms with Crippen LogP contribution < -0.4 is 4.74 Å². The van der Waals surface area contributed by atoms with Crippen LogP contribution in [-0.2, 0) is 0 Å². The number of carboxylic acid groups (broad SMARTS) is 1. The molecule has 0 aliphatic rings. The molecule has 5 nitrogen and oxygen atoms in total. The van der Waals surface area contributed by atoms with Crippen molar-refractivity contribution >= 4 is 5.97 Å². The molecule has 2 aromatic rings. The van der Waals surface area contributed by atoms with Crippen LogP contribution in [0.4, 0.5) is 0 Å². The fourth-order valence-electron chi connectivity index (χ4n) is 1.57. The summed E-state index contributed by atoms with van der Waals surface area (Å²) in [6.07, 6.45) is 0. The summed E-state index contributed by atoms with van der Waals surface area (Å²) >= 11 is 0. The third kappa shape index (κ3) is 2.13. The molecule has 0 unspecified atom stereocenters. The summed E-state index contributed by atoms with van der Waals surface area (Å²) in [5, 5.41) is 13.2. The zero-order valence-electron chi connectivity index (χ0n) is 9.54. The molecule has 1 heterocycles. The topological polar surface area (TPSA) is 64.3 Å². The lowest BCUT2D eigenvalue weighted by atomic mass is 10.2. The van der Waals surface area contributed by atoms with Gasteiger partial charge in [-0.2, -0.15) is 0 Å². The number of carbonyl (C=O) groups is 1. The summed E-state index contributed by atoms with van der Waals surface area (Å²) in [7, 11) is 1.45. The predicted octanol–water partition coefficient (Wildman–Crippen LogP) is 1.89. The zero-order valence-corrected chi connectivity index (χ0v) is 9.54. The van der Waals surface area contributed by atoms with Gasteiger partial charge in [0.1, 0.15) is 0 Å². The number of aromatic carboxylic acids is 1. The summed E-state index contributed by atoms with van der Waals surface area (Å²) in [6, 6.07) is 8.84. The van der Waals surface area contributed by atoms with E-state index in [4.69, 9.17) is 9.84 Å². The third-order valence-corrected chi connectivity index (χ3v) is 2.36. The SMILES string of the molecule is COc1cc(C(=O)O)n(-c2cccc(C)c2)n1. The van der Waals surface area contributed by atoms with Gasteiger partial charge >= 0.3 is 5.97 Å². The lowest BCUT2D eigenvalue weighted by molar-refractivity contribution is 0.0687. The van der Waals surface area contributed by atoms with Crippen molar-refractivity contribution in [3.63, 3.8) is 0 Å². The number of hydrogen-bond donors (Lipinski definition) is 1. The standard InChI is InChI=1S/C12H12N2O3/c1-8-4-3-5-9(6-8)14-10(12(15)16)7-11(13-14)17-2/h3-7H,1-2H3,(H,15,16). The molecule has 0 atom stereocenters. The minimum absolute atomic E-state index is 0.0763. The van der Waals surface area contributed by atoms with E-state index in [2.05, 4.69) is 5.10 Å². The number of ether oxygens (including phenoxy) is 1. The Hall–Kier alpha value is -2.30. The molecule has 1 N–H and O–H groups in total. The van der Waals surface area contributed by atoms with Crippen molar-refractivity contribution < 1.29 is 14.6 Å². The van der Waals surface area contributed by atoms with Crippen molar-refractivity contribution in [3.8, 4) is 11.6 Å². The molecular formula is C12H12N2O3. The second kappa shape index (κ2) is 4.29. The van der Waals surface area contributed by atoms with Crippen LogP contribution in [-0.4, -0.2) is 28.0 Å².